The fraction of sp³-hybridized carbons (Fsp3) is 0.353. The van der Waals surface area contributed by atoms with Crippen LogP contribution in [0.5, 0.6) is 0 Å². The summed E-state index contributed by atoms with van der Waals surface area (Å²) in [7, 11) is 0. The first kappa shape index (κ1) is 18.2. The first-order chi connectivity index (χ1) is 11.2. The fourth-order valence-corrected chi connectivity index (χ4v) is 2.43. The molecule has 0 saturated carbocycles. The molecule has 128 valence electrons. The number of rotatable bonds is 5. The summed E-state index contributed by atoms with van der Waals surface area (Å²) in [6, 6.07) is 5.71. The number of hydrogen-bond acceptors (Lipinski definition) is 5. The molecular formula is C17H19FN2O3S. The van der Waals surface area contributed by atoms with Crippen molar-refractivity contribution >= 4 is 23.5 Å². The highest BCUT2D eigenvalue weighted by Gasteiger charge is 2.24. The van der Waals surface area contributed by atoms with Crippen LogP contribution < -0.4 is 0 Å². The SMILES string of the molecule is CSc1ncc(C(=O)OCC(=O)C(C)(C)C)n1-c1ccc(F)cc1. The van der Waals surface area contributed by atoms with Gasteiger partial charge in [-0.2, -0.15) is 0 Å². The number of carbonyl (C=O) groups excluding carboxylic acids is 2. The molecule has 0 radical (unpaired) electrons. The third-order valence-corrected chi connectivity index (χ3v) is 4.03. The molecule has 1 aromatic heterocycles. The zero-order valence-electron chi connectivity index (χ0n) is 14.0. The van der Waals surface area contributed by atoms with Crippen LogP contribution in [0.25, 0.3) is 5.69 Å². The topological polar surface area (TPSA) is 61.2 Å². The van der Waals surface area contributed by atoms with Crippen LogP contribution in [0.15, 0.2) is 35.6 Å². The van der Waals surface area contributed by atoms with E-state index in [1.807, 2.05) is 6.26 Å². The van der Waals surface area contributed by atoms with Gasteiger partial charge in [0.2, 0.25) is 0 Å². The van der Waals surface area contributed by atoms with E-state index in [-0.39, 0.29) is 23.9 Å². The number of halogens is 1. The van der Waals surface area contributed by atoms with Crippen molar-refractivity contribution in [3.8, 4) is 5.69 Å². The highest BCUT2D eigenvalue weighted by molar-refractivity contribution is 7.98. The molecule has 0 aliphatic heterocycles. The van der Waals surface area contributed by atoms with Gasteiger partial charge in [0.05, 0.1) is 6.20 Å². The molecule has 0 aliphatic rings. The second-order valence-corrected chi connectivity index (χ2v) is 6.96. The number of aromatic nitrogens is 2. The van der Waals surface area contributed by atoms with Crippen molar-refractivity contribution in [3.05, 3.63) is 42.0 Å². The van der Waals surface area contributed by atoms with E-state index in [1.165, 1.54) is 30.1 Å². The molecule has 7 heteroatoms. The maximum absolute atomic E-state index is 13.1. The zero-order chi connectivity index (χ0) is 17.9. The second kappa shape index (κ2) is 7.17. The molecule has 1 aromatic carbocycles. The minimum Gasteiger partial charge on any atom is -0.453 e. The van der Waals surface area contributed by atoms with Gasteiger partial charge >= 0.3 is 5.97 Å². The van der Waals surface area contributed by atoms with E-state index in [9.17, 15) is 14.0 Å². The molecule has 0 fully saturated rings. The molecule has 2 rings (SSSR count). The van der Waals surface area contributed by atoms with Gasteiger partial charge in [-0.05, 0) is 30.5 Å². The van der Waals surface area contributed by atoms with Gasteiger partial charge in [0.15, 0.2) is 23.2 Å². The van der Waals surface area contributed by atoms with Gasteiger partial charge in [0.1, 0.15) is 5.82 Å². The van der Waals surface area contributed by atoms with E-state index < -0.39 is 11.4 Å². The Morgan fingerprint density at radius 3 is 2.42 bits per heavy atom. The summed E-state index contributed by atoms with van der Waals surface area (Å²) in [6.07, 6.45) is 3.21. The molecule has 0 spiro atoms. The summed E-state index contributed by atoms with van der Waals surface area (Å²) < 4.78 is 19.8. The van der Waals surface area contributed by atoms with Crippen LogP contribution in [0.4, 0.5) is 4.39 Å². The Labute approximate surface area is 144 Å². The summed E-state index contributed by atoms with van der Waals surface area (Å²) in [5, 5.41) is 0.565. The number of ether oxygens (including phenoxy) is 1. The molecule has 0 bridgehead atoms. The molecule has 0 unspecified atom stereocenters. The molecule has 1 heterocycles. The summed E-state index contributed by atoms with van der Waals surface area (Å²) in [4.78, 5) is 28.4. The molecule has 2 aromatic rings. The summed E-state index contributed by atoms with van der Waals surface area (Å²) in [6.45, 7) is 4.98. The predicted molar refractivity (Wildman–Crippen MR) is 90.0 cm³/mol. The van der Waals surface area contributed by atoms with Gasteiger partial charge in [-0.15, -0.1) is 0 Å². The Morgan fingerprint density at radius 1 is 1.25 bits per heavy atom. The number of nitrogens with zero attached hydrogens (tertiary/aromatic N) is 2. The molecule has 0 atom stereocenters. The van der Waals surface area contributed by atoms with Crippen LogP contribution in [-0.4, -0.2) is 34.2 Å². The Morgan fingerprint density at radius 2 is 1.88 bits per heavy atom. The maximum atomic E-state index is 13.1. The Hall–Kier alpha value is -2.15. The van der Waals surface area contributed by atoms with Crippen LogP contribution >= 0.6 is 11.8 Å². The van der Waals surface area contributed by atoms with Gasteiger partial charge in [-0.1, -0.05) is 32.5 Å². The van der Waals surface area contributed by atoms with E-state index in [2.05, 4.69) is 4.98 Å². The number of hydrogen-bond donors (Lipinski definition) is 0. The summed E-state index contributed by atoms with van der Waals surface area (Å²) in [5.74, 6) is -1.19. The van der Waals surface area contributed by atoms with E-state index in [0.717, 1.165) is 0 Å². The number of ketones is 1. The number of benzene rings is 1. The Bertz CT molecular complexity index is 748. The van der Waals surface area contributed by atoms with Gasteiger partial charge < -0.3 is 4.74 Å². The Balaban J connectivity index is 2.27. The lowest BCUT2D eigenvalue weighted by Crippen LogP contribution is -2.26. The highest BCUT2D eigenvalue weighted by Crippen LogP contribution is 2.23. The number of esters is 1. The molecule has 0 aliphatic carbocycles. The van der Waals surface area contributed by atoms with E-state index in [0.29, 0.717) is 10.8 Å². The Kier molecular flexibility index (Phi) is 5.43. The minimum atomic E-state index is -0.648. The number of imidazole rings is 1. The van der Waals surface area contributed by atoms with Crippen LogP contribution in [0.2, 0.25) is 0 Å². The summed E-state index contributed by atoms with van der Waals surface area (Å²) in [5.41, 5.74) is 0.196. The van der Waals surface area contributed by atoms with E-state index in [1.54, 1.807) is 37.5 Å². The van der Waals surface area contributed by atoms with Crippen molar-refractivity contribution in [2.75, 3.05) is 12.9 Å². The van der Waals surface area contributed by atoms with Crippen LogP contribution in [0.3, 0.4) is 0 Å². The maximum Gasteiger partial charge on any atom is 0.357 e. The molecule has 0 amide bonds. The van der Waals surface area contributed by atoms with Gasteiger partial charge in [0, 0.05) is 11.1 Å². The quantitative estimate of drug-likeness (QED) is 0.610. The monoisotopic (exact) mass is 350 g/mol. The largest absolute Gasteiger partial charge is 0.453 e. The minimum absolute atomic E-state index is 0.172. The molecule has 0 saturated heterocycles. The van der Waals surface area contributed by atoms with E-state index >= 15 is 0 Å². The van der Waals surface area contributed by atoms with Crippen LogP contribution in [0.1, 0.15) is 31.3 Å². The van der Waals surface area contributed by atoms with Crippen molar-refractivity contribution in [2.24, 2.45) is 5.41 Å². The van der Waals surface area contributed by atoms with Crippen molar-refractivity contribution in [1.29, 1.82) is 0 Å². The van der Waals surface area contributed by atoms with Crippen LogP contribution in [-0.2, 0) is 9.53 Å². The molecule has 0 N–H and O–H groups in total. The first-order valence-electron chi connectivity index (χ1n) is 7.32. The average molecular weight is 350 g/mol. The van der Waals surface area contributed by atoms with Gasteiger partial charge in [-0.3, -0.25) is 9.36 Å². The van der Waals surface area contributed by atoms with E-state index in [4.69, 9.17) is 4.74 Å². The first-order valence-corrected chi connectivity index (χ1v) is 8.54. The molecule has 5 nitrogen and oxygen atoms in total. The lowest BCUT2D eigenvalue weighted by Gasteiger charge is -2.16. The van der Waals surface area contributed by atoms with Gasteiger partial charge in [-0.25, -0.2) is 14.2 Å². The summed E-state index contributed by atoms with van der Waals surface area (Å²) >= 11 is 1.34. The van der Waals surface area contributed by atoms with Crippen molar-refractivity contribution in [2.45, 2.75) is 25.9 Å². The number of carbonyl (C=O) groups is 2. The van der Waals surface area contributed by atoms with Crippen molar-refractivity contribution in [1.82, 2.24) is 9.55 Å². The van der Waals surface area contributed by atoms with Crippen molar-refractivity contribution < 1.29 is 18.7 Å². The highest BCUT2D eigenvalue weighted by atomic mass is 32.2. The fourth-order valence-electron chi connectivity index (χ4n) is 1.88. The second-order valence-electron chi connectivity index (χ2n) is 6.19. The number of thioether (sulfide) groups is 1. The lowest BCUT2D eigenvalue weighted by atomic mass is 9.91. The molecular weight excluding hydrogens is 331 g/mol. The van der Waals surface area contributed by atoms with Crippen molar-refractivity contribution in [3.63, 3.8) is 0 Å². The average Bonchev–Trinajstić information content (AvgIpc) is 2.96. The standard InChI is InChI=1S/C17H19FN2O3S/c1-17(2,3)14(21)10-23-15(22)13-9-19-16(24-4)20(13)12-7-5-11(18)6-8-12/h5-9H,10H2,1-4H3. The van der Waals surface area contributed by atoms with Gasteiger partial charge in [0.25, 0.3) is 0 Å². The zero-order valence-corrected chi connectivity index (χ0v) is 14.8. The lowest BCUT2D eigenvalue weighted by molar-refractivity contribution is -0.129. The third-order valence-electron chi connectivity index (χ3n) is 3.38. The molecule has 24 heavy (non-hydrogen) atoms. The normalized spacial score (nSPS) is 11.4. The smallest absolute Gasteiger partial charge is 0.357 e. The van der Waals surface area contributed by atoms with Crippen LogP contribution in [0, 0.1) is 11.2 Å². The predicted octanol–water partition coefficient (Wildman–Crippen LogP) is 3.51. The number of Topliss-reactive ketones (excluding diaryl/α,β-unsaturated/α-hetero) is 1. The third kappa shape index (κ3) is 4.03.